The zero-order chi connectivity index (χ0) is 13.9. The number of likely N-dealkylation sites (tertiary alicyclic amines) is 1. The highest BCUT2D eigenvalue weighted by Gasteiger charge is 2.18. The van der Waals surface area contributed by atoms with Gasteiger partial charge in [0.05, 0.1) is 10.6 Å². The van der Waals surface area contributed by atoms with Crippen LogP contribution < -0.4 is 5.32 Å². The molecule has 1 heterocycles. The number of anilines is 1. The third-order valence-corrected chi connectivity index (χ3v) is 4.86. The highest BCUT2D eigenvalue weighted by Crippen LogP contribution is 2.22. The molecule has 0 aliphatic carbocycles. The van der Waals surface area contributed by atoms with Crippen molar-refractivity contribution in [3.05, 3.63) is 24.3 Å². The van der Waals surface area contributed by atoms with E-state index in [-0.39, 0.29) is 0 Å². The quantitative estimate of drug-likeness (QED) is 0.915. The minimum atomic E-state index is -3.17. The molecule has 0 bridgehead atoms. The molecule has 0 saturated carbocycles. The predicted molar refractivity (Wildman–Crippen MR) is 78.3 cm³/mol. The number of nitrogens with zero attached hydrogens (tertiary/aromatic N) is 1. The fraction of sp³-hybridized carbons (Fsp3) is 0.571. The van der Waals surface area contributed by atoms with Gasteiger partial charge in [-0.1, -0.05) is 12.1 Å². The number of hydrogen-bond donors (Lipinski definition) is 1. The van der Waals surface area contributed by atoms with E-state index in [9.17, 15) is 8.42 Å². The lowest BCUT2D eigenvalue weighted by molar-refractivity contribution is 0.226. The summed E-state index contributed by atoms with van der Waals surface area (Å²) in [5.41, 5.74) is 0.726. The van der Waals surface area contributed by atoms with Gasteiger partial charge >= 0.3 is 0 Å². The average Bonchev–Trinajstić information content (AvgIpc) is 2.37. The van der Waals surface area contributed by atoms with Crippen LogP contribution in [-0.4, -0.2) is 46.3 Å². The molecule has 1 saturated heterocycles. The number of hydrogen-bond acceptors (Lipinski definition) is 4. The van der Waals surface area contributed by atoms with Crippen molar-refractivity contribution < 1.29 is 8.42 Å². The van der Waals surface area contributed by atoms with Gasteiger partial charge in [0.25, 0.3) is 0 Å². The fourth-order valence-electron chi connectivity index (χ4n) is 2.46. The van der Waals surface area contributed by atoms with E-state index in [1.54, 1.807) is 12.1 Å². The van der Waals surface area contributed by atoms with Crippen molar-refractivity contribution >= 4 is 15.5 Å². The van der Waals surface area contributed by atoms with Crippen LogP contribution in [0, 0.1) is 5.92 Å². The molecule has 0 amide bonds. The first kappa shape index (κ1) is 14.3. The molecule has 1 aliphatic heterocycles. The standard InChI is InChI=1S/C14H22N2O2S/c1-16-9-7-12(8-10-16)11-15-13-5-3-4-6-14(13)19(2,17)18/h3-6,12,15H,7-11H2,1-2H3. The molecule has 0 aromatic heterocycles. The Bertz CT molecular complexity index is 520. The highest BCUT2D eigenvalue weighted by molar-refractivity contribution is 7.90. The van der Waals surface area contributed by atoms with Gasteiger partial charge in [-0.05, 0) is 51.0 Å². The van der Waals surface area contributed by atoms with Crippen LogP contribution in [0.15, 0.2) is 29.2 Å². The molecule has 2 rings (SSSR count). The third kappa shape index (κ3) is 3.94. The number of nitrogens with one attached hydrogen (secondary N) is 1. The Hall–Kier alpha value is -1.07. The summed E-state index contributed by atoms with van der Waals surface area (Å²) in [7, 11) is -1.02. The summed E-state index contributed by atoms with van der Waals surface area (Å²) >= 11 is 0. The number of piperidine rings is 1. The van der Waals surface area contributed by atoms with E-state index in [1.165, 1.54) is 19.1 Å². The van der Waals surface area contributed by atoms with Gasteiger partial charge in [-0.25, -0.2) is 8.42 Å². The zero-order valence-electron chi connectivity index (χ0n) is 11.6. The summed E-state index contributed by atoms with van der Waals surface area (Å²) in [6.07, 6.45) is 3.60. The number of benzene rings is 1. The molecule has 1 aromatic rings. The molecule has 1 fully saturated rings. The molecule has 1 aliphatic rings. The van der Waals surface area contributed by atoms with Crippen molar-refractivity contribution in [2.24, 2.45) is 5.92 Å². The maximum Gasteiger partial charge on any atom is 0.177 e. The van der Waals surface area contributed by atoms with Crippen LogP contribution in [0.5, 0.6) is 0 Å². The van der Waals surface area contributed by atoms with E-state index in [0.29, 0.717) is 10.8 Å². The summed E-state index contributed by atoms with van der Waals surface area (Å²) < 4.78 is 23.4. The van der Waals surface area contributed by atoms with Crippen LogP contribution in [0.4, 0.5) is 5.69 Å². The molecular formula is C14H22N2O2S. The van der Waals surface area contributed by atoms with Gasteiger partial charge in [0.2, 0.25) is 0 Å². The normalized spacial score (nSPS) is 18.4. The number of sulfone groups is 1. The lowest BCUT2D eigenvalue weighted by Crippen LogP contribution is -2.33. The van der Waals surface area contributed by atoms with Crippen LogP contribution in [0.25, 0.3) is 0 Å². The SMILES string of the molecule is CN1CCC(CNc2ccccc2S(C)(=O)=O)CC1. The molecule has 0 atom stereocenters. The Morgan fingerprint density at radius 3 is 2.53 bits per heavy atom. The first-order valence-electron chi connectivity index (χ1n) is 6.68. The minimum absolute atomic E-state index is 0.392. The van der Waals surface area contributed by atoms with Gasteiger partial charge in [-0.15, -0.1) is 0 Å². The van der Waals surface area contributed by atoms with Crippen LogP contribution in [0.1, 0.15) is 12.8 Å². The van der Waals surface area contributed by atoms with Crippen molar-refractivity contribution in [3.63, 3.8) is 0 Å². The molecule has 0 spiro atoms. The molecular weight excluding hydrogens is 260 g/mol. The van der Waals surface area contributed by atoms with E-state index >= 15 is 0 Å². The molecule has 1 N–H and O–H groups in total. The Labute approximate surface area is 115 Å². The fourth-order valence-corrected chi connectivity index (χ4v) is 3.32. The lowest BCUT2D eigenvalue weighted by Gasteiger charge is -2.29. The second kappa shape index (κ2) is 5.92. The van der Waals surface area contributed by atoms with Gasteiger partial charge in [-0.3, -0.25) is 0 Å². The molecule has 106 valence electrons. The molecule has 1 aromatic carbocycles. The molecule has 4 nitrogen and oxygen atoms in total. The van der Waals surface area contributed by atoms with E-state index in [1.807, 2.05) is 12.1 Å². The number of rotatable bonds is 4. The van der Waals surface area contributed by atoms with Crippen molar-refractivity contribution in [2.75, 3.05) is 38.3 Å². The van der Waals surface area contributed by atoms with Gasteiger partial charge in [0, 0.05) is 12.8 Å². The van der Waals surface area contributed by atoms with Crippen LogP contribution in [-0.2, 0) is 9.84 Å². The molecule has 0 unspecified atom stereocenters. The Morgan fingerprint density at radius 1 is 1.26 bits per heavy atom. The number of para-hydroxylation sites is 1. The molecule has 5 heteroatoms. The first-order valence-corrected chi connectivity index (χ1v) is 8.57. The monoisotopic (exact) mass is 282 g/mol. The largest absolute Gasteiger partial charge is 0.384 e. The summed E-state index contributed by atoms with van der Waals surface area (Å²) in [4.78, 5) is 2.73. The summed E-state index contributed by atoms with van der Waals surface area (Å²) in [5, 5.41) is 3.31. The Morgan fingerprint density at radius 2 is 1.89 bits per heavy atom. The van der Waals surface area contributed by atoms with E-state index in [0.717, 1.165) is 25.3 Å². The zero-order valence-corrected chi connectivity index (χ0v) is 12.4. The highest BCUT2D eigenvalue weighted by atomic mass is 32.2. The summed E-state index contributed by atoms with van der Waals surface area (Å²) in [5.74, 6) is 0.629. The van der Waals surface area contributed by atoms with Crippen LogP contribution >= 0.6 is 0 Å². The van der Waals surface area contributed by atoms with Crippen molar-refractivity contribution in [1.82, 2.24) is 4.90 Å². The smallest absolute Gasteiger partial charge is 0.177 e. The maximum absolute atomic E-state index is 11.7. The Balaban J connectivity index is 2.00. The summed E-state index contributed by atoms with van der Waals surface area (Å²) in [6, 6.07) is 7.13. The first-order chi connectivity index (χ1) is 8.97. The van der Waals surface area contributed by atoms with E-state index < -0.39 is 9.84 Å². The van der Waals surface area contributed by atoms with Gasteiger partial charge in [0.15, 0.2) is 9.84 Å². The van der Waals surface area contributed by atoms with Gasteiger partial charge in [-0.2, -0.15) is 0 Å². The van der Waals surface area contributed by atoms with Crippen molar-refractivity contribution in [1.29, 1.82) is 0 Å². The van der Waals surface area contributed by atoms with E-state index in [2.05, 4.69) is 17.3 Å². The molecule has 0 radical (unpaired) electrons. The lowest BCUT2D eigenvalue weighted by atomic mass is 9.97. The minimum Gasteiger partial charge on any atom is -0.384 e. The van der Waals surface area contributed by atoms with Gasteiger partial charge in [0.1, 0.15) is 0 Å². The van der Waals surface area contributed by atoms with Crippen LogP contribution in [0.2, 0.25) is 0 Å². The van der Waals surface area contributed by atoms with Gasteiger partial charge < -0.3 is 10.2 Å². The van der Waals surface area contributed by atoms with Crippen molar-refractivity contribution in [2.45, 2.75) is 17.7 Å². The Kier molecular flexibility index (Phi) is 4.47. The second-order valence-electron chi connectivity index (χ2n) is 5.40. The predicted octanol–water partition coefficient (Wildman–Crippen LogP) is 1.84. The van der Waals surface area contributed by atoms with E-state index in [4.69, 9.17) is 0 Å². The second-order valence-corrected chi connectivity index (χ2v) is 7.38. The topological polar surface area (TPSA) is 49.4 Å². The third-order valence-electron chi connectivity index (χ3n) is 3.71. The maximum atomic E-state index is 11.7. The average molecular weight is 282 g/mol. The van der Waals surface area contributed by atoms with Crippen LogP contribution in [0.3, 0.4) is 0 Å². The van der Waals surface area contributed by atoms with Crippen molar-refractivity contribution in [3.8, 4) is 0 Å². The molecule has 19 heavy (non-hydrogen) atoms. The summed E-state index contributed by atoms with van der Waals surface area (Å²) in [6.45, 7) is 3.10.